The second-order valence-electron chi connectivity index (χ2n) is 5.41. The lowest BCUT2D eigenvalue weighted by molar-refractivity contribution is -0.147. The van der Waals surface area contributed by atoms with Crippen LogP contribution in [0, 0.1) is 0 Å². The zero-order valence-electron chi connectivity index (χ0n) is 13.1. The largest absolute Gasteiger partial charge is 0.463 e. The Bertz CT molecular complexity index is 525. The van der Waals surface area contributed by atoms with E-state index in [1.54, 1.807) is 0 Å². The molecule has 7 nitrogen and oxygen atoms in total. The SMILES string of the molecule is NCc1ccc(C(=O)N2CCN(CCOC(=O)CO)CC2)cc1. The number of nitrogens with zero attached hydrogens (tertiary/aromatic N) is 2. The number of rotatable bonds is 6. The molecule has 0 unspecified atom stereocenters. The molecule has 0 bridgehead atoms. The molecule has 7 heteroatoms. The van der Waals surface area contributed by atoms with Gasteiger partial charge in [-0.15, -0.1) is 0 Å². The number of ether oxygens (including phenoxy) is 1. The molecule has 0 atom stereocenters. The van der Waals surface area contributed by atoms with Crippen LogP contribution in [0.3, 0.4) is 0 Å². The summed E-state index contributed by atoms with van der Waals surface area (Å²) in [6.45, 7) is 3.51. The number of aliphatic hydroxyl groups excluding tert-OH is 1. The number of amides is 1. The van der Waals surface area contributed by atoms with Gasteiger partial charge in [-0.2, -0.15) is 0 Å². The predicted molar refractivity (Wildman–Crippen MR) is 84.7 cm³/mol. The van der Waals surface area contributed by atoms with Gasteiger partial charge in [0.15, 0.2) is 0 Å². The minimum Gasteiger partial charge on any atom is -0.463 e. The van der Waals surface area contributed by atoms with Crippen molar-refractivity contribution in [2.75, 3.05) is 45.9 Å². The summed E-state index contributed by atoms with van der Waals surface area (Å²) >= 11 is 0. The Morgan fingerprint density at radius 1 is 1.13 bits per heavy atom. The van der Waals surface area contributed by atoms with Crippen LogP contribution in [-0.4, -0.2) is 72.7 Å². The fourth-order valence-electron chi connectivity index (χ4n) is 2.47. The Morgan fingerprint density at radius 3 is 2.35 bits per heavy atom. The van der Waals surface area contributed by atoms with Gasteiger partial charge in [0.1, 0.15) is 13.2 Å². The Labute approximate surface area is 135 Å². The van der Waals surface area contributed by atoms with Crippen LogP contribution in [0.1, 0.15) is 15.9 Å². The molecule has 1 saturated heterocycles. The van der Waals surface area contributed by atoms with Crippen LogP contribution in [0.5, 0.6) is 0 Å². The zero-order valence-corrected chi connectivity index (χ0v) is 13.1. The van der Waals surface area contributed by atoms with E-state index in [-0.39, 0.29) is 12.5 Å². The third-order valence-electron chi connectivity index (χ3n) is 3.90. The van der Waals surface area contributed by atoms with Crippen LogP contribution in [0.4, 0.5) is 0 Å². The molecule has 0 spiro atoms. The van der Waals surface area contributed by atoms with E-state index >= 15 is 0 Å². The fraction of sp³-hybridized carbons (Fsp3) is 0.500. The molecule has 1 fully saturated rings. The molecule has 1 aliphatic heterocycles. The Morgan fingerprint density at radius 2 is 1.78 bits per heavy atom. The molecule has 23 heavy (non-hydrogen) atoms. The van der Waals surface area contributed by atoms with Crippen molar-refractivity contribution in [2.24, 2.45) is 5.73 Å². The molecule has 2 rings (SSSR count). The molecule has 1 aromatic carbocycles. The Hall–Kier alpha value is -1.96. The summed E-state index contributed by atoms with van der Waals surface area (Å²) in [5.74, 6) is -0.584. The average molecular weight is 321 g/mol. The monoisotopic (exact) mass is 321 g/mol. The number of piperazine rings is 1. The van der Waals surface area contributed by atoms with Gasteiger partial charge in [0, 0.05) is 44.8 Å². The van der Waals surface area contributed by atoms with Crippen LogP contribution in [0.15, 0.2) is 24.3 Å². The first-order valence-corrected chi connectivity index (χ1v) is 7.71. The summed E-state index contributed by atoms with van der Waals surface area (Å²) < 4.78 is 4.84. The molecule has 0 aliphatic carbocycles. The fourth-order valence-corrected chi connectivity index (χ4v) is 2.47. The predicted octanol–water partition coefficient (Wildman–Crippen LogP) is -0.561. The molecule has 1 heterocycles. The van der Waals surface area contributed by atoms with E-state index in [1.807, 2.05) is 29.2 Å². The third-order valence-corrected chi connectivity index (χ3v) is 3.90. The third kappa shape index (κ3) is 5.02. The number of carbonyl (C=O) groups is 2. The summed E-state index contributed by atoms with van der Waals surface area (Å²) in [6.07, 6.45) is 0. The molecule has 1 aromatic rings. The van der Waals surface area contributed by atoms with Gasteiger partial charge < -0.3 is 20.5 Å². The molecule has 126 valence electrons. The average Bonchev–Trinajstić information content (AvgIpc) is 2.61. The normalized spacial score (nSPS) is 15.5. The summed E-state index contributed by atoms with van der Waals surface area (Å²) in [5, 5.41) is 8.57. The highest BCUT2D eigenvalue weighted by Gasteiger charge is 2.22. The Balaban J connectivity index is 1.77. The lowest BCUT2D eigenvalue weighted by Gasteiger charge is -2.34. The maximum Gasteiger partial charge on any atom is 0.331 e. The van der Waals surface area contributed by atoms with Crippen molar-refractivity contribution in [1.29, 1.82) is 0 Å². The minimum atomic E-state index is -0.611. The summed E-state index contributed by atoms with van der Waals surface area (Å²) in [4.78, 5) is 27.2. The summed E-state index contributed by atoms with van der Waals surface area (Å²) in [7, 11) is 0. The maximum absolute atomic E-state index is 12.4. The first-order chi connectivity index (χ1) is 11.1. The number of hydrogen-bond donors (Lipinski definition) is 2. The van der Waals surface area contributed by atoms with Crippen LogP contribution >= 0.6 is 0 Å². The molecule has 0 saturated carbocycles. The summed E-state index contributed by atoms with van der Waals surface area (Å²) in [5.41, 5.74) is 7.23. The van der Waals surface area contributed by atoms with E-state index in [9.17, 15) is 9.59 Å². The lowest BCUT2D eigenvalue weighted by atomic mass is 10.1. The smallest absolute Gasteiger partial charge is 0.331 e. The van der Waals surface area contributed by atoms with E-state index in [2.05, 4.69) is 4.90 Å². The van der Waals surface area contributed by atoms with Gasteiger partial charge in [-0.05, 0) is 17.7 Å². The number of aliphatic hydroxyl groups is 1. The van der Waals surface area contributed by atoms with Crippen molar-refractivity contribution in [2.45, 2.75) is 6.54 Å². The van der Waals surface area contributed by atoms with Crippen molar-refractivity contribution in [3.05, 3.63) is 35.4 Å². The van der Waals surface area contributed by atoms with Crippen molar-refractivity contribution < 1.29 is 19.4 Å². The summed E-state index contributed by atoms with van der Waals surface area (Å²) in [6, 6.07) is 7.37. The highest BCUT2D eigenvalue weighted by atomic mass is 16.5. The van der Waals surface area contributed by atoms with Crippen molar-refractivity contribution in [1.82, 2.24) is 9.80 Å². The van der Waals surface area contributed by atoms with Crippen LogP contribution in [-0.2, 0) is 16.1 Å². The molecule has 1 aliphatic rings. The van der Waals surface area contributed by atoms with Gasteiger partial charge in [0.25, 0.3) is 5.91 Å². The number of esters is 1. The van der Waals surface area contributed by atoms with Crippen molar-refractivity contribution >= 4 is 11.9 Å². The molecule has 0 radical (unpaired) electrons. The van der Waals surface area contributed by atoms with Gasteiger partial charge >= 0.3 is 5.97 Å². The topological polar surface area (TPSA) is 96.1 Å². The molecule has 3 N–H and O–H groups in total. The van der Waals surface area contributed by atoms with Crippen LogP contribution < -0.4 is 5.73 Å². The number of hydrogen-bond acceptors (Lipinski definition) is 6. The lowest BCUT2D eigenvalue weighted by Crippen LogP contribution is -2.49. The van der Waals surface area contributed by atoms with Crippen molar-refractivity contribution in [3.63, 3.8) is 0 Å². The van der Waals surface area contributed by atoms with Gasteiger partial charge in [-0.1, -0.05) is 12.1 Å². The quantitative estimate of drug-likeness (QED) is 0.682. The van der Waals surface area contributed by atoms with E-state index in [4.69, 9.17) is 15.6 Å². The van der Waals surface area contributed by atoms with Gasteiger partial charge in [0.2, 0.25) is 0 Å². The van der Waals surface area contributed by atoms with Crippen molar-refractivity contribution in [3.8, 4) is 0 Å². The molecular formula is C16H23N3O4. The highest BCUT2D eigenvalue weighted by molar-refractivity contribution is 5.94. The van der Waals surface area contributed by atoms with Crippen LogP contribution in [0.2, 0.25) is 0 Å². The second kappa shape index (κ2) is 8.61. The standard InChI is InChI=1S/C16H23N3O4/c17-11-13-1-3-14(4-2-13)16(22)19-7-5-18(6-8-19)9-10-23-15(21)12-20/h1-4,20H,5-12,17H2. The first kappa shape index (κ1) is 17.4. The maximum atomic E-state index is 12.4. The Kier molecular flexibility index (Phi) is 6.52. The number of carbonyl (C=O) groups excluding carboxylic acids is 2. The van der Waals surface area contributed by atoms with E-state index < -0.39 is 12.6 Å². The highest BCUT2D eigenvalue weighted by Crippen LogP contribution is 2.10. The van der Waals surface area contributed by atoms with Gasteiger partial charge in [-0.3, -0.25) is 9.69 Å². The zero-order chi connectivity index (χ0) is 16.7. The van der Waals surface area contributed by atoms with E-state index in [0.29, 0.717) is 31.7 Å². The van der Waals surface area contributed by atoms with Crippen LogP contribution in [0.25, 0.3) is 0 Å². The molecule has 0 aromatic heterocycles. The van der Waals surface area contributed by atoms with E-state index in [0.717, 1.165) is 18.7 Å². The second-order valence-corrected chi connectivity index (χ2v) is 5.41. The first-order valence-electron chi connectivity index (χ1n) is 7.71. The number of benzene rings is 1. The number of nitrogens with two attached hydrogens (primary N) is 1. The van der Waals surface area contributed by atoms with Gasteiger partial charge in [-0.25, -0.2) is 4.79 Å². The molecule has 1 amide bonds. The van der Waals surface area contributed by atoms with Gasteiger partial charge in [0.05, 0.1) is 0 Å². The molecular weight excluding hydrogens is 298 g/mol. The van der Waals surface area contributed by atoms with E-state index in [1.165, 1.54) is 0 Å². The minimum absolute atomic E-state index is 0.0277.